The Labute approximate surface area is 161 Å². The summed E-state index contributed by atoms with van der Waals surface area (Å²) in [6.07, 6.45) is 1.32. The number of hydrogen-bond acceptors (Lipinski definition) is 3. The fraction of sp³-hybridized carbons (Fsp3) is 0.300. The van der Waals surface area contributed by atoms with E-state index in [0.29, 0.717) is 12.2 Å². The Bertz CT molecular complexity index is 825. The molecule has 1 atom stereocenters. The smallest absolute Gasteiger partial charge is 0.325 e. The van der Waals surface area contributed by atoms with Gasteiger partial charge in [0.1, 0.15) is 11.3 Å². The Morgan fingerprint density at radius 1 is 1.15 bits per heavy atom. The van der Waals surface area contributed by atoms with Gasteiger partial charge in [0, 0.05) is 10.0 Å². The normalized spacial score (nSPS) is 19.6. The average molecular weight is 417 g/mol. The average Bonchev–Trinajstić information content (AvgIpc) is 2.88. The molecule has 1 fully saturated rings. The molecule has 0 bridgehead atoms. The van der Waals surface area contributed by atoms with Gasteiger partial charge in [-0.2, -0.15) is 0 Å². The molecule has 5 nitrogen and oxygen atoms in total. The number of imide groups is 1. The first-order valence-electron chi connectivity index (χ1n) is 8.54. The highest BCUT2D eigenvalue weighted by Crippen LogP contribution is 2.35. The second-order valence-electron chi connectivity index (χ2n) is 6.30. The van der Waals surface area contributed by atoms with Gasteiger partial charge in [-0.3, -0.25) is 9.69 Å². The quantitative estimate of drug-likeness (QED) is 0.717. The highest BCUT2D eigenvalue weighted by molar-refractivity contribution is 9.10. The van der Waals surface area contributed by atoms with E-state index < -0.39 is 5.54 Å². The largest absolute Gasteiger partial charge is 0.496 e. The zero-order valence-electron chi connectivity index (χ0n) is 14.8. The lowest BCUT2D eigenvalue weighted by molar-refractivity contribution is -0.132. The predicted molar refractivity (Wildman–Crippen MR) is 103 cm³/mol. The maximum atomic E-state index is 13.3. The van der Waals surface area contributed by atoms with Crippen molar-refractivity contribution in [3.8, 4) is 5.75 Å². The number of urea groups is 1. The van der Waals surface area contributed by atoms with Crippen molar-refractivity contribution in [2.45, 2.75) is 31.8 Å². The molecule has 0 spiro atoms. The van der Waals surface area contributed by atoms with Crippen LogP contribution in [0.5, 0.6) is 5.75 Å². The van der Waals surface area contributed by atoms with E-state index in [1.807, 2.05) is 55.5 Å². The molecule has 0 saturated carbocycles. The molecule has 0 aliphatic carbocycles. The number of ether oxygens (including phenoxy) is 1. The number of halogens is 1. The summed E-state index contributed by atoms with van der Waals surface area (Å²) in [6, 6.07) is 14.6. The molecule has 3 rings (SSSR count). The highest BCUT2D eigenvalue weighted by Gasteiger charge is 2.51. The van der Waals surface area contributed by atoms with Crippen LogP contribution in [0.3, 0.4) is 0 Å². The molecule has 1 aliphatic rings. The Morgan fingerprint density at radius 2 is 1.88 bits per heavy atom. The van der Waals surface area contributed by atoms with Crippen molar-refractivity contribution < 1.29 is 14.3 Å². The summed E-state index contributed by atoms with van der Waals surface area (Å²) in [4.78, 5) is 27.3. The third kappa shape index (κ3) is 3.21. The van der Waals surface area contributed by atoms with E-state index >= 15 is 0 Å². The lowest BCUT2D eigenvalue weighted by Gasteiger charge is -2.27. The van der Waals surface area contributed by atoms with Crippen LogP contribution in [0, 0.1) is 0 Å². The molecule has 1 heterocycles. The van der Waals surface area contributed by atoms with E-state index in [1.54, 1.807) is 7.11 Å². The van der Waals surface area contributed by atoms with E-state index in [4.69, 9.17) is 4.74 Å². The lowest BCUT2D eigenvalue weighted by Crippen LogP contribution is -2.43. The van der Waals surface area contributed by atoms with Crippen molar-refractivity contribution in [3.63, 3.8) is 0 Å². The summed E-state index contributed by atoms with van der Waals surface area (Å²) in [5.74, 6) is 0.416. The minimum atomic E-state index is -1.01. The Balaban J connectivity index is 1.97. The Hall–Kier alpha value is -2.34. The number of nitrogens with one attached hydrogen (secondary N) is 1. The third-order valence-corrected chi connectivity index (χ3v) is 5.13. The van der Waals surface area contributed by atoms with Gasteiger partial charge in [0.2, 0.25) is 0 Å². The zero-order valence-corrected chi connectivity index (χ0v) is 16.4. The number of methoxy groups -OCH3 is 1. The summed E-state index contributed by atoms with van der Waals surface area (Å²) < 4.78 is 6.24. The Morgan fingerprint density at radius 3 is 2.54 bits per heavy atom. The number of rotatable bonds is 6. The number of hydrogen-bond donors (Lipinski definition) is 1. The van der Waals surface area contributed by atoms with Gasteiger partial charge >= 0.3 is 6.03 Å². The molecular formula is C20H21BrN2O3. The molecule has 0 aromatic heterocycles. The summed E-state index contributed by atoms with van der Waals surface area (Å²) in [7, 11) is 1.57. The summed E-state index contributed by atoms with van der Waals surface area (Å²) in [5.41, 5.74) is 0.571. The first kappa shape index (κ1) is 18.5. The molecule has 1 saturated heterocycles. The molecule has 26 heavy (non-hydrogen) atoms. The van der Waals surface area contributed by atoms with E-state index in [2.05, 4.69) is 21.2 Å². The van der Waals surface area contributed by atoms with E-state index in [0.717, 1.165) is 22.0 Å². The molecule has 2 aromatic rings. The maximum Gasteiger partial charge on any atom is 0.325 e. The first-order chi connectivity index (χ1) is 12.5. The maximum absolute atomic E-state index is 13.3. The summed E-state index contributed by atoms with van der Waals surface area (Å²) >= 11 is 3.43. The number of benzene rings is 2. The lowest BCUT2D eigenvalue weighted by atomic mass is 9.85. The van der Waals surface area contributed by atoms with Gasteiger partial charge in [-0.15, -0.1) is 0 Å². The Kier molecular flexibility index (Phi) is 5.32. The summed E-state index contributed by atoms with van der Waals surface area (Å²) in [5, 5.41) is 2.94. The van der Waals surface area contributed by atoms with Crippen LogP contribution < -0.4 is 10.1 Å². The SMILES string of the molecule is CCC[C@@]1(c2ccccc2)NC(=O)N(Cc2cc(Br)ccc2OC)C1=O. The molecule has 6 heteroatoms. The molecule has 3 amide bonds. The predicted octanol–water partition coefficient (Wildman–Crippen LogP) is 4.21. The third-order valence-electron chi connectivity index (χ3n) is 4.64. The minimum absolute atomic E-state index is 0.158. The fourth-order valence-corrected chi connectivity index (χ4v) is 3.83. The minimum Gasteiger partial charge on any atom is -0.496 e. The molecule has 1 N–H and O–H groups in total. The van der Waals surface area contributed by atoms with Crippen molar-refractivity contribution in [2.75, 3.05) is 7.11 Å². The van der Waals surface area contributed by atoms with Crippen LogP contribution in [0.15, 0.2) is 53.0 Å². The number of carbonyl (C=O) groups is 2. The number of amides is 3. The molecule has 2 aromatic carbocycles. The van der Waals surface area contributed by atoms with Crippen LogP contribution in [0.4, 0.5) is 4.79 Å². The van der Waals surface area contributed by atoms with E-state index in [-0.39, 0.29) is 18.5 Å². The highest BCUT2D eigenvalue weighted by atomic mass is 79.9. The number of carbonyl (C=O) groups excluding carboxylic acids is 2. The van der Waals surface area contributed by atoms with Crippen LogP contribution in [0.1, 0.15) is 30.9 Å². The topological polar surface area (TPSA) is 58.6 Å². The van der Waals surface area contributed by atoms with Gasteiger partial charge in [-0.05, 0) is 30.2 Å². The molecule has 0 radical (unpaired) electrons. The monoisotopic (exact) mass is 416 g/mol. The van der Waals surface area contributed by atoms with Gasteiger partial charge in [0.05, 0.1) is 13.7 Å². The van der Waals surface area contributed by atoms with Crippen molar-refractivity contribution in [1.29, 1.82) is 0 Å². The van der Waals surface area contributed by atoms with E-state index in [1.165, 1.54) is 4.90 Å². The standard InChI is InChI=1S/C20H21BrN2O3/c1-3-11-20(15-7-5-4-6-8-15)18(24)23(19(25)22-20)13-14-12-16(21)9-10-17(14)26-2/h4-10,12H,3,11,13H2,1-2H3,(H,22,25)/t20-/m0/s1. The van der Waals surface area contributed by atoms with Crippen molar-refractivity contribution in [2.24, 2.45) is 0 Å². The van der Waals surface area contributed by atoms with Crippen LogP contribution in [-0.2, 0) is 16.9 Å². The van der Waals surface area contributed by atoms with Gasteiger partial charge in [0.15, 0.2) is 0 Å². The molecule has 136 valence electrons. The van der Waals surface area contributed by atoms with Crippen LogP contribution >= 0.6 is 15.9 Å². The van der Waals surface area contributed by atoms with Gasteiger partial charge in [-0.1, -0.05) is 59.6 Å². The first-order valence-corrected chi connectivity index (χ1v) is 9.33. The molecule has 1 aliphatic heterocycles. The summed E-state index contributed by atoms with van der Waals surface area (Å²) in [6.45, 7) is 2.16. The second kappa shape index (κ2) is 7.50. The second-order valence-corrected chi connectivity index (χ2v) is 7.21. The van der Waals surface area contributed by atoms with Crippen LogP contribution in [0.25, 0.3) is 0 Å². The fourth-order valence-electron chi connectivity index (χ4n) is 3.42. The van der Waals surface area contributed by atoms with E-state index in [9.17, 15) is 9.59 Å². The van der Waals surface area contributed by atoms with Crippen molar-refractivity contribution in [3.05, 3.63) is 64.1 Å². The van der Waals surface area contributed by atoms with Crippen molar-refractivity contribution in [1.82, 2.24) is 10.2 Å². The molecule has 0 unspecified atom stereocenters. The van der Waals surface area contributed by atoms with Gasteiger partial charge < -0.3 is 10.1 Å². The van der Waals surface area contributed by atoms with Crippen LogP contribution in [0.2, 0.25) is 0 Å². The molecular weight excluding hydrogens is 396 g/mol. The van der Waals surface area contributed by atoms with Gasteiger partial charge in [-0.25, -0.2) is 4.79 Å². The zero-order chi connectivity index (χ0) is 18.7. The van der Waals surface area contributed by atoms with Crippen molar-refractivity contribution >= 4 is 27.9 Å². The van der Waals surface area contributed by atoms with Gasteiger partial charge in [0.25, 0.3) is 5.91 Å². The van der Waals surface area contributed by atoms with Crippen LogP contribution in [-0.4, -0.2) is 23.9 Å². The number of nitrogens with zero attached hydrogens (tertiary/aromatic N) is 1.